The summed E-state index contributed by atoms with van der Waals surface area (Å²) in [6, 6.07) is -1.76. The van der Waals surface area contributed by atoms with Crippen molar-refractivity contribution in [3.05, 3.63) is 60.9 Å². The van der Waals surface area contributed by atoms with Gasteiger partial charge in [0.15, 0.2) is 14.2 Å². The maximum absolute atomic E-state index is 12.4. The van der Waals surface area contributed by atoms with Gasteiger partial charge in [0.1, 0.15) is 10.8 Å². The van der Waals surface area contributed by atoms with Crippen LogP contribution in [0.4, 0.5) is 0 Å². The van der Waals surface area contributed by atoms with Crippen molar-refractivity contribution in [2.75, 3.05) is 0 Å². The van der Waals surface area contributed by atoms with Crippen LogP contribution in [0, 0.1) is 47.3 Å². The molecule has 0 radical (unpaired) electrons. The van der Waals surface area contributed by atoms with Gasteiger partial charge in [-0.05, 0) is 49.7 Å². The van der Waals surface area contributed by atoms with Gasteiger partial charge in [0.25, 0.3) is 0 Å². The SMILES string of the molecule is CC(C)[C@H](O)[C@]12C(=O)N[C@H]1C(C)C(=O)S2=O.CC1=C(C)S(=O)[C@@]2([C@@H](O)C(C)C)C(=O)N[C@@H]12.CC1=C(C)[Se](=O)[C@@]2([C@@H](O)C(C)C)C(=O)N[C@@H]12.CC1=C(C)[Te](=O)[C@@]2([C@@H](O)C(C)C)C(=O)N[C@@H]12.CC1=CS(=O)[C@@]2([C@@H](O)C(C)C)C(=O)N[C@@H]12.CC1=C[Se](=O)[C@@]2([C@@H](O)C(C)C)C(=O)N[C@@H]12.CC1=C[Te](=O)[C@@]2([C@@H](O)C(C)C)C(=O)N[C@@H]12. The number of aliphatic hydroxyl groups excluding tert-OH is 7. The fourth-order valence-corrected chi connectivity index (χ4v) is 42.8. The second-order valence-corrected chi connectivity index (χ2v) is 54.6. The standard InChI is InChI=1S/C11H17NO3S.C11H17NO3Se.C11H17NO3Te.C10H15NO4S.C10H15NO3S.C10H15NO3Se.C10H15NO3Te/c3*1-5(2)9(13)11-8(12-10(11)14)6(3)7(4)16(11)15;1-4(2)7(12)10-6(11-9(10)14)5(3)8(13)16(10)15;3*1-5(2)8(12)10-7(11-9(10)13)6(3)4-15(10)14/h3*5,8-9,13H,1-4H3,(H,12,14);4-7,12H,1-3H3,(H,11,14);3*4-5,7-8,12H,1-3H3,(H,11,13)/t2*8-,9-,11-,16?;8-,9-,11-;5?,6-,7-,10-,16?;2*7-,8-,10-,15?;7-,8-,10-/m0000000/s1. The summed E-state index contributed by atoms with van der Waals surface area (Å²) in [6.45, 7) is 43.9. The van der Waals surface area contributed by atoms with Crippen LogP contribution in [-0.2, 0) is 84.6 Å². The number of nitrogens with one attached hydrogen (secondary N) is 7. The predicted molar refractivity (Wildman–Crippen MR) is 409 cm³/mol. The Bertz CT molecular complexity index is 3900. The molecule has 0 saturated carbocycles. The Kier molecular flexibility index (Phi) is 26.8. The number of carbonyl (C=O) groups is 8. The molecule has 109 heavy (non-hydrogen) atoms. The van der Waals surface area contributed by atoms with Gasteiger partial charge in [-0.1, -0.05) is 48.5 Å². The van der Waals surface area contributed by atoms with Crippen LogP contribution in [0.1, 0.15) is 166 Å². The number of hydrogen-bond donors (Lipinski definition) is 14. The first kappa shape index (κ1) is 90.9. The molecule has 0 aromatic heterocycles. The van der Waals surface area contributed by atoms with Gasteiger partial charge in [0, 0.05) is 10.3 Å². The second-order valence-electron chi connectivity index (χ2n) is 33.1. The van der Waals surface area contributed by atoms with Crippen molar-refractivity contribution in [3.63, 3.8) is 0 Å². The minimum absolute atomic E-state index is 0.0461. The van der Waals surface area contributed by atoms with Crippen LogP contribution in [-0.4, -0.2) is 261 Å². The first-order valence-corrected chi connectivity index (χ1v) is 51.8. The average molecular weight is 1950 g/mol. The van der Waals surface area contributed by atoms with E-state index in [1.165, 1.54) is 0 Å². The summed E-state index contributed by atoms with van der Waals surface area (Å²) >= 11 is -10.7. The molecule has 27 atom stereocenters. The summed E-state index contributed by atoms with van der Waals surface area (Å²) in [6.07, 6.45) is -5.98. The second kappa shape index (κ2) is 32.1. The van der Waals surface area contributed by atoms with Gasteiger partial charge in [-0.25, -0.2) is 0 Å². The zero-order chi connectivity index (χ0) is 83.1. The first-order chi connectivity index (χ1) is 50.1. The van der Waals surface area contributed by atoms with E-state index >= 15 is 0 Å². The van der Waals surface area contributed by atoms with Crippen molar-refractivity contribution < 1.29 is 101 Å². The van der Waals surface area contributed by atoms with Gasteiger partial charge in [-0.15, -0.1) is 0 Å². The van der Waals surface area contributed by atoms with E-state index in [4.69, 9.17) is 0 Å². The van der Waals surface area contributed by atoms with Crippen LogP contribution >= 0.6 is 0 Å². The summed E-state index contributed by atoms with van der Waals surface area (Å²) in [5.74, 6) is -3.06. The molecule has 8 saturated heterocycles. The molecule has 14 rings (SSSR count). The molecular weight excluding hydrogens is 1840 g/mol. The van der Waals surface area contributed by atoms with Crippen LogP contribution in [0.2, 0.25) is 15.6 Å². The zero-order valence-corrected chi connectivity index (χ0v) is 76.6. The van der Waals surface area contributed by atoms with E-state index in [0.29, 0.717) is 0 Å². The van der Waals surface area contributed by atoms with Crippen molar-refractivity contribution in [2.45, 2.75) is 281 Å². The molecule has 0 spiro atoms. The molecule has 0 aromatic rings. The molecule has 6 unspecified atom stereocenters. The molecule has 612 valence electrons. The van der Waals surface area contributed by atoms with Gasteiger partial charge in [-0.2, -0.15) is 0 Å². The first-order valence-electron chi connectivity index (χ1n) is 36.6. The number of rotatable bonds is 14. The minimum atomic E-state index is -2.94. The van der Waals surface area contributed by atoms with E-state index in [2.05, 4.69) is 37.2 Å². The normalized spacial score (nSPS) is 39.6. The van der Waals surface area contributed by atoms with E-state index < -0.39 is 195 Å². The fourth-order valence-electron chi connectivity index (χ4n) is 17.1. The molecule has 14 aliphatic heterocycles. The quantitative estimate of drug-likeness (QED) is 0.0845. The molecule has 29 nitrogen and oxygen atoms in total. The fraction of sp³-hybridized carbons (Fsp3) is 0.726. The van der Waals surface area contributed by atoms with Crippen LogP contribution in [0.3, 0.4) is 0 Å². The van der Waals surface area contributed by atoms with Crippen molar-refractivity contribution >= 4 is 146 Å². The van der Waals surface area contributed by atoms with E-state index in [1.807, 2.05) is 138 Å². The van der Waals surface area contributed by atoms with Crippen LogP contribution < -0.4 is 37.2 Å². The number of aliphatic hydroxyl groups is 7. The van der Waals surface area contributed by atoms with Crippen LogP contribution in [0.5, 0.6) is 0 Å². The molecule has 14 aliphatic rings. The van der Waals surface area contributed by atoms with Gasteiger partial charge in [-0.3, -0.25) is 31.8 Å². The summed E-state index contributed by atoms with van der Waals surface area (Å²) in [5, 5.41) is 91.2. The van der Waals surface area contributed by atoms with Crippen molar-refractivity contribution in [1.82, 2.24) is 37.2 Å². The molecule has 8 fully saturated rings. The number of carbonyl (C=O) groups excluding carboxylic acids is 8. The Morgan fingerprint density at radius 2 is 0.817 bits per heavy atom. The molecule has 14 heterocycles. The molecule has 36 heteroatoms. The topological polar surface area (TPSA) is 482 Å². The zero-order valence-electron chi connectivity index (χ0n) is 66.0. The summed E-state index contributed by atoms with van der Waals surface area (Å²) in [4.78, 5) is 96.1. The Morgan fingerprint density at radius 1 is 0.413 bits per heavy atom. The third kappa shape index (κ3) is 12.8. The number of amides is 7. The van der Waals surface area contributed by atoms with Crippen LogP contribution in [0.15, 0.2) is 60.9 Å². The number of hydrogen-bond acceptors (Lipinski definition) is 22. The van der Waals surface area contributed by atoms with Crippen LogP contribution in [0.25, 0.3) is 0 Å². The summed E-state index contributed by atoms with van der Waals surface area (Å²) in [5.41, 5.74) is 5.64. The Balaban J connectivity index is 0.000000160. The van der Waals surface area contributed by atoms with E-state index in [9.17, 15) is 101 Å². The number of β-lactam (4-membered cyclic amide) rings is 7. The predicted octanol–water partition coefficient (Wildman–Crippen LogP) is 0.802. The Hall–Kier alpha value is -3.61. The number of fused-ring (bicyclic) bond motifs is 7. The molecule has 0 aliphatic carbocycles. The monoisotopic (exact) mass is 1950 g/mol. The Labute approximate surface area is 666 Å². The molecule has 14 N–H and O–H groups in total. The molecule has 0 aromatic carbocycles. The average Bonchev–Trinajstić information content (AvgIpc) is 1.40. The van der Waals surface area contributed by atoms with E-state index in [-0.39, 0.29) is 113 Å². The van der Waals surface area contributed by atoms with E-state index in [0.717, 1.165) is 46.4 Å². The third-order valence-corrected chi connectivity index (χ3v) is 50.5. The van der Waals surface area contributed by atoms with Gasteiger partial charge < -0.3 is 31.3 Å². The maximum atomic E-state index is 12.4. The van der Waals surface area contributed by atoms with Gasteiger partial charge in [0.2, 0.25) is 22.8 Å². The molecule has 7 amide bonds. The Morgan fingerprint density at radius 3 is 1.20 bits per heavy atom. The summed E-state index contributed by atoms with van der Waals surface area (Å²) < 4.78 is 80.9. The van der Waals surface area contributed by atoms with Gasteiger partial charge in [0.05, 0.1) is 64.0 Å². The van der Waals surface area contributed by atoms with E-state index in [1.54, 1.807) is 42.2 Å². The number of allylic oxidation sites excluding steroid dienone is 3. The molecule has 0 bridgehead atoms. The summed E-state index contributed by atoms with van der Waals surface area (Å²) in [7, 11) is -4.74. The van der Waals surface area contributed by atoms with Crippen molar-refractivity contribution in [2.24, 2.45) is 47.3 Å². The molecular formula is C73H111N7O22S3Se2Te2. The third-order valence-electron chi connectivity index (χ3n) is 24.3. The van der Waals surface area contributed by atoms with Crippen molar-refractivity contribution in [1.29, 1.82) is 0 Å². The van der Waals surface area contributed by atoms with Gasteiger partial charge >= 0.3 is 389 Å². The van der Waals surface area contributed by atoms with Crippen molar-refractivity contribution in [3.8, 4) is 0 Å².